The average molecular weight is 552 g/mol. The Morgan fingerprint density at radius 1 is 0.976 bits per heavy atom. The number of carbonyl (C=O) groups excluding carboxylic acids is 2. The van der Waals surface area contributed by atoms with E-state index < -0.39 is 5.97 Å². The Balaban J connectivity index is 1.24. The van der Waals surface area contributed by atoms with Crippen molar-refractivity contribution in [1.82, 2.24) is 15.5 Å². The molecule has 2 aliphatic carbocycles. The predicted molar refractivity (Wildman–Crippen MR) is 157 cm³/mol. The van der Waals surface area contributed by atoms with E-state index in [0.717, 1.165) is 59.9 Å². The third kappa shape index (κ3) is 5.71. The van der Waals surface area contributed by atoms with Crippen LogP contribution in [0.1, 0.15) is 77.6 Å². The quantitative estimate of drug-likeness (QED) is 0.342. The lowest BCUT2D eigenvalue weighted by Gasteiger charge is -2.35. The molecule has 6 rings (SSSR count). The van der Waals surface area contributed by atoms with E-state index in [4.69, 9.17) is 0 Å². The molecule has 0 saturated heterocycles. The molecule has 1 aliphatic heterocycles. The SMILES string of the molecule is CC1(NC(=O)N2CCc3c(-c4cccc(C(=O)O)c4)ccc(CNC(=O)[C@H]4C[C@@H]4c4ccccc4)c3C2)CCCC1. The van der Waals surface area contributed by atoms with Gasteiger partial charge in [0.25, 0.3) is 0 Å². The molecule has 3 aromatic carbocycles. The Hall–Kier alpha value is -4.13. The number of carboxylic acid groups (broad SMARTS) is 1. The van der Waals surface area contributed by atoms with Crippen molar-refractivity contribution in [2.45, 2.75) is 70.0 Å². The van der Waals surface area contributed by atoms with Crippen molar-refractivity contribution in [2.75, 3.05) is 6.54 Å². The first-order valence-electron chi connectivity index (χ1n) is 14.7. The molecule has 3 aliphatic rings. The zero-order chi connectivity index (χ0) is 28.6. The number of fused-ring (bicyclic) bond motifs is 1. The molecular formula is C34H37N3O4. The average Bonchev–Trinajstić information content (AvgIpc) is 3.69. The van der Waals surface area contributed by atoms with E-state index in [9.17, 15) is 19.5 Å². The monoisotopic (exact) mass is 551 g/mol. The number of benzene rings is 3. The number of urea groups is 1. The molecule has 0 aromatic heterocycles. The minimum atomic E-state index is -0.961. The summed E-state index contributed by atoms with van der Waals surface area (Å²) in [6, 6.07) is 21.2. The van der Waals surface area contributed by atoms with Gasteiger partial charge in [0.1, 0.15) is 0 Å². The van der Waals surface area contributed by atoms with Gasteiger partial charge in [-0.3, -0.25) is 4.79 Å². The third-order valence-electron chi connectivity index (χ3n) is 9.14. The third-order valence-corrected chi connectivity index (χ3v) is 9.14. The lowest BCUT2D eigenvalue weighted by Crippen LogP contribution is -2.51. The molecule has 2 atom stereocenters. The van der Waals surface area contributed by atoms with Crippen LogP contribution in [0.25, 0.3) is 11.1 Å². The van der Waals surface area contributed by atoms with Crippen LogP contribution in [0.3, 0.4) is 0 Å². The molecule has 3 aromatic rings. The van der Waals surface area contributed by atoms with E-state index in [2.05, 4.69) is 29.7 Å². The minimum Gasteiger partial charge on any atom is -0.478 e. The maximum Gasteiger partial charge on any atom is 0.335 e. The first kappa shape index (κ1) is 27.1. The Morgan fingerprint density at radius 2 is 1.76 bits per heavy atom. The van der Waals surface area contributed by atoms with Crippen LogP contribution >= 0.6 is 0 Å². The molecule has 2 fully saturated rings. The molecule has 1 heterocycles. The minimum absolute atomic E-state index is 0.0133. The summed E-state index contributed by atoms with van der Waals surface area (Å²) in [6.45, 7) is 3.55. The number of carboxylic acids is 1. The molecular weight excluding hydrogens is 514 g/mol. The van der Waals surface area contributed by atoms with Crippen LogP contribution in [0, 0.1) is 5.92 Å². The first-order valence-corrected chi connectivity index (χ1v) is 14.7. The lowest BCUT2D eigenvalue weighted by atomic mass is 9.87. The standard InChI is InChI=1S/C34H37N3O4/c1-34(15-5-6-16-34)36-33(41)37-17-14-27-26(23-10-7-11-24(18-23)32(39)40)13-12-25(30(27)21-37)20-35-31(38)29-19-28(29)22-8-3-2-4-9-22/h2-4,7-13,18,28-29H,5-6,14-17,19-21H2,1H3,(H,35,38)(H,36,41)(H,39,40)/t28-,29+/m1/s1. The van der Waals surface area contributed by atoms with E-state index in [1.165, 1.54) is 5.56 Å². The molecule has 212 valence electrons. The zero-order valence-corrected chi connectivity index (χ0v) is 23.5. The second kappa shape index (κ2) is 11.0. The summed E-state index contributed by atoms with van der Waals surface area (Å²) in [5.74, 6) is -0.645. The molecule has 0 radical (unpaired) electrons. The maximum atomic E-state index is 13.4. The van der Waals surface area contributed by atoms with Crippen LogP contribution in [-0.4, -0.2) is 40.0 Å². The summed E-state index contributed by atoms with van der Waals surface area (Å²) in [5.41, 5.74) is 6.26. The van der Waals surface area contributed by atoms with Crippen LogP contribution in [0.5, 0.6) is 0 Å². The fraction of sp³-hybridized carbons (Fsp3) is 0.382. The van der Waals surface area contributed by atoms with E-state index in [1.54, 1.807) is 18.2 Å². The van der Waals surface area contributed by atoms with Gasteiger partial charge < -0.3 is 20.6 Å². The largest absolute Gasteiger partial charge is 0.478 e. The zero-order valence-electron chi connectivity index (χ0n) is 23.5. The Bertz CT molecular complexity index is 1480. The summed E-state index contributed by atoms with van der Waals surface area (Å²) in [6.07, 6.45) is 5.78. The van der Waals surface area contributed by atoms with Crippen molar-refractivity contribution in [3.63, 3.8) is 0 Å². The number of carbonyl (C=O) groups is 3. The Kier molecular flexibility index (Phi) is 7.28. The van der Waals surface area contributed by atoms with Gasteiger partial charge in [-0.25, -0.2) is 9.59 Å². The van der Waals surface area contributed by atoms with E-state index in [0.29, 0.717) is 26.1 Å². The van der Waals surface area contributed by atoms with Gasteiger partial charge in [0, 0.05) is 31.1 Å². The summed E-state index contributed by atoms with van der Waals surface area (Å²) < 4.78 is 0. The number of nitrogens with one attached hydrogen (secondary N) is 2. The topological polar surface area (TPSA) is 98.7 Å². The summed E-state index contributed by atoms with van der Waals surface area (Å²) in [7, 11) is 0. The van der Waals surface area contributed by atoms with Crippen molar-refractivity contribution in [1.29, 1.82) is 0 Å². The molecule has 0 spiro atoms. The summed E-state index contributed by atoms with van der Waals surface area (Å²) in [5, 5.41) is 16.0. The van der Waals surface area contributed by atoms with Gasteiger partial charge in [-0.2, -0.15) is 0 Å². The highest BCUT2D eigenvalue weighted by Crippen LogP contribution is 2.47. The molecule has 3 amide bonds. The highest BCUT2D eigenvalue weighted by Gasteiger charge is 2.43. The number of hydrogen-bond acceptors (Lipinski definition) is 3. The fourth-order valence-electron chi connectivity index (χ4n) is 6.65. The molecule has 0 unspecified atom stereocenters. The van der Waals surface area contributed by atoms with E-state index >= 15 is 0 Å². The highest BCUT2D eigenvalue weighted by molar-refractivity contribution is 5.90. The van der Waals surface area contributed by atoms with Crippen molar-refractivity contribution in [3.05, 3.63) is 94.5 Å². The normalized spacial score (nSPS) is 20.7. The van der Waals surface area contributed by atoms with Crippen molar-refractivity contribution < 1.29 is 19.5 Å². The summed E-state index contributed by atoms with van der Waals surface area (Å²) >= 11 is 0. The number of rotatable bonds is 7. The van der Waals surface area contributed by atoms with Gasteiger partial charge in [0.2, 0.25) is 5.91 Å². The Labute approximate surface area is 241 Å². The molecule has 0 bridgehead atoms. The number of nitrogens with zero attached hydrogens (tertiary/aromatic N) is 1. The smallest absolute Gasteiger partial charge is 0.335 e. The molecule has 3 N–H and O–H groups in total. The number of amides is 3. The molecule has 41 heavy (non-hydrogen) atoms. The van der Waals surface area contributed by atoms with E-state index in [1.807, 2.05) is 41.3 Å². The van der Waals surface area contributed by atoms with Crippen molar-refractivity contribution >= 4 is 17.9 Å². The maximum absolute atomic E-state index is 13.4. The molecule has 7 nitrogen and oxygen atoms in total. The predicted octanol–water partition coefficient (Wildman–Crippen LogP) is 5.87. The summed E-state index contributed by atoms with van der Waals surface area (Å²) in [4.78, 5) is 40.0. The first-order chi connectivity index (χ1) is 19.8. The van der Waals surface area contributed by atoms with E-state index in [-0.39, 0.29) is 34.9 Å². The van der Waals surface area contributed by atoms with Gasteiger partial charge in [0.05, 0.1) is 5.56 Å². The fourth-order valence-corrected chi connectivity index (χ4v) is 6.65. The molecule has 7 heteroatoms. The lowest BCUT2D eigenvalue weighted by molar-refractivity contribution is -0.122. The molecule has 2 saturated carbocycles. The van der Waals surface area contributed by atoms with Gasteiger partial charge in [-0.15, -0.1) is 0 Å². The van der Waals surface area contributed by atoms with Crippen LogP contribution in [0.2, 0.25) is 0 Å². The van der Waals surface area contributed by atoms with Gasteiger partial charge >= 0.3 is 12.0 Å². The Morgan fingerprint density at radius 3 is 2.51 bits per heavy atom. The van der Waals surface area contributed by atoms with Gasteiger partial charge in [-0.1, -0.05) is 67.4 Å². The van der Waals surface area contributed by atoms with Crippen LogP contribution in [-0.2, 0) is 24.3 Å². The second-order valence-electron chi connectivity index (χ2n) is 12.1. The van der Waals surface area contributed by atoms with Gasteiger partial charge in [-0.05, 0) is 84.0 Å². The van der Waals surface area contributed by atoms with Crippen LogP contribution < -0.4 is 10.6 Å². The second-order valence-corrected chi connectivity index (χ2v) is 12.1. The highest BCUT2D eigenvalue weighted by atomic mass is 16.4. The van der Waals surface area contributed by atoms with Crippen molar-refractivity contribution in [2.24, 2.45) is 5.92 Å². The van der Waals surface area contributed by atoms with Crippen LogP contribution in [0.4, 0.5) is 4.79 Å². The van der Waals surface area contributed by atoms with Gasteiger partial charge in [0.15, 0.2) is 0 Å². The number of aromatic carboxylic acids is 1. The van der Waals surface area contributed by atoms with Crippen LogP contribution in [0.15, 0.2) is 66.7 Å². The van der Waals surface area contributed by atoms with Crippen molar-refractivity contribution in [3.8, 4) is 11.1 Å². The number of hydrogen-bond donors (Lipinski definition) is 3.